The molecule has 0 aliphatic carbocycles. The molecule has 0 aliphatic heterocycles. The SMILES string of the molecule is COc1ccc(C(=O)OCc2ccc(Cl)cc2)cc1OC. The summed E-state index contributed by atoms with van der Waals surface area (Å²) in [6.07, 6.45) is 0. The zero-order valence-corrected chi connectivity index (χ0v) is 12.5. The molecule has 4 nitrogen and oxygen atoms in total. The van der Waals surface area contributed by atoms with Crippen molar-refractivity contribution in [3.05, 3.63) is 58.6 Å². The van der Waals surface area contributed by atoms with Crippen LogP contribution in [0.1, 0.15) is 15.9 Å². The minimum absolute atomic E-state index is 0.185. The smallest absolute Gasteiger partial charge is 0.338 e. The van der Waals surface area contributed by atoms with E-state index in [1.807, 2.05) is 12.1 Å². The molecule has 0 bridgehead atoms. The van der Waals surface area contributed by atoms with Crippen molar-refractivity contribution in [2.45, 2.75) is 6.61 Å². The predicted octanol–water partition coefficient (Wildman–Crippen LogP) is 3.71. The van der Waals surface area contributed by atoms with E-state index in [9.17, 15) is 4.79 Å². The zero-order valence-electron chi connectivity index (χ0n) is 11.8. The number of halogens is 1. The summed E-state index contributed by atoms with van der Waals surface area (Å²) in [6, 6.07) is 12.0. The van der Waals surface area contributed by atoms with Gasteiger partial charge in [-0.25, -0.2) is 4.79 Å². The summed E-state index contributed by atoms with van der Waals surface area (Å²) in [4.78, 5) is 12.0. The molecule has 0 spiro atoms. The molecule has 0 fully saturated rings. The van der Waals surface area contributed by atoms with E-state index in [0.717, 1.165) is 5.56 Å². The highest BCUT2D eigenvalue weighted by atomic mass is 35.5. The molecule has 0 N–H and O–H groups in total. The third-order valence-electron chi connectivity index (χ3n) is 2.90. The minimum Gasteiger partial charge on any atom is -0.493 e. The van der Waals surface area contributed by atoms with Gasteiger partial charge in [0.05, 0.1) is 19.8 Å². The average Bonchev–Trinajstić information content (AvgIpc) is 2.53. The summed E-state index contributed by atoms with van der Waals surface area (Å²) in [5.41, 5.74) is 1.27. The van der Waals surface area contributed by atoms with E-state index < -0.39 is 5.97 Å². The molecular weight excluding hydrogens is 292 g/mol. The van der Waals surface area contributed by atoms with Crippen LogP contribution >= 0.6 is 11.6 Å². The fraction of sp³-hybridized carbons (Fsp3) is 0.188. The molecule has 2 rings (SSSR count). The topological polar surface area (TPSA) is 44.8 Å². The van der Waals surface area contributed by atoms with E-state index >= 15 is 0 Å². The lowest BCUT2D eigenvalue weighted by Crippen LogP contribution is -2.05. The highest BCUT2D eigenvalue weighted by Gasteiger charge is 2.12. The monoisotopic (exact) mass is 306 g/mol. The van der Waals surface area contributed by atoms with Gasteiger partial charge in [0.1, 0.15) is 6.61 Å². The molecule has 0 aliphatic rings. The molecule has 0 saturated carbocycles. The fourth-order valence-corrected chi connectivity index (χ4v) is 1.90. The number of carbonyl (C=O) groups is 1. The Morgan fingerprint density at radius 2 is 1.67 bits per heavy atom. The Morgan fingerprint density at radius 1 is 1.00 bits per heavy atom. The van der Waals surface area contributed by atoms with E-state index in [0.29, 0.717) is 22.1 Å². The minimum atomic E-state index is -0.425. The first-order chi connectivity index (χ1) is 10.1. The molecular formula is C16H15ClO4. The van der Waals surface area contributed by atoms with Crippen molar-refractivity contribution >= 4 is 17.6 Å². The zero-order chi connectivity index (χ0) is 15.2. The lowest BCUT2D eigenvalue weighted by molar-refractivity contribution is 0.0472. The van der Waals surface area contributed by atoms with Crippen molar-refractivity contribution in [2.24, 2.45) is 0 Å². The van der Waals surface area contributed by atoms with E-state index in [1.165, 1.54) is 14.2 Å². The van der Waals surface area contributed by atoms with Crippen LogP contribution in [-0.4, -0.2) is 20.2 Å². The Labute approximate surface area is 128 Å². The van der Waals surface area contributed by atoms with Crippen LogP contribution in [0.2, 0.25) is 5.02 Å². The summed E-state index contributed by atoms with van der Waals surface area (Å²) >= 11 is 5.80. The van der Waals surface area contributed by atoms with Crippen LogP contribution in [0, 0.1) is 0 Å². The lowest BCUT2D eigenvalue weighted by Gasteiger charge is -2.09. The van der Waals surface area contributed by atoms with E-state index in [2.05, 4.69) is 0 Å². The normalized spacial score (nSPS) is 10.0. The summed E-state index contributed by atoms with van der Waals surface area (Å²) < 4.78 is 15.5. The van der Waals surface area contributed by atoms with Crippen LogP contribution < -0.4 is 9.47 Å². The molecule has 21 heavy (non-hydrogen) atoms. The van der Waals surface area contributed by atoms with Crippen molar-refractivity contribution in [3.8, 4) is 11.5 Å². The maximum Gasteiger partial charge on any atom is 0.338 e. The molecule has 0 saturated heterocycles. The Bertz CT molecular complexity index is 623. The first-order valence-corrected chi connectivity index (χ1v) is 6.65. The molecule has 0 radical (unpaired) electrons. The van der Waals surface area contributed by atoms with Gasteiger partial charge in [-0.1, -0.05) is 23.7 Å². The summed E-state index contributed by atoms with van der Waals surface area (Å²) in [7, 11) is 3.05. The highest BCUT2D eigenvalue weighted by molar-refractivity contribution is 6.30. The van der Waals surface area contributed by atoms with Gasteiger partial charge in [-0.05, 0) is 35.9 Å². The number of hydrogen-bond donors (Lipinski definition) is 0. The number of carbonyl (C=O) groups excluding carboxylic acids is 1. The van der Waals surface area contributed by atoms with Gasteiger partial charge >= 0.3 is 5.97 Å². The van der Waals surface area contributed by atoms with Crippen LogP contribution in [0.5, 0.6) is 11.5 Å². The Hall–Kier alpha value is -2.20. The molecule has 2 aromatic rings. The number of rotatable bonds is 5. The standard InChI is InChI=1S/C16H15ClO4/c1-19-14-8-5-12(9-15(14)20-2)16(18)21-10-11-3-6-13(17)7-4-11/h3-9H,10H2,1-2H3. The van der Waals surface area contributed by atoms with Gasteiger partial charge < -0.3 is 14.2 Å². The maximum absolute atomic E-state index is 12.0. The van der Waals surface area contributed by atoms with Crippen LogP contribution in [0.25, 0.3) is 0 Å². The van der Waals surface area contributed by atoms with Crippen molar-refractivity contribution in [2.75, 3.05) is 14.2 Å². The lowest BCUT2D eigenvalue weighted by atomic mass is 10.2. The van der Waals surface area contributed by atoms with E-state index in [4.69, 9.17) is 25.8 Å². The quantitative estimate of drug-likeness (QED) is 0.790. The number of hydrogen-bond acceptors (Lipinski definition) is 4. The predicted molar refractivity (Wildman–Crippen MR) is 80.1 cm³/mol. The summed E-state index contributed by atoms with van der Waals surface area (Å²) in [5, 5.41) is 0.643. The number of methoxy groups -OCH3 is 2. The second kappa shape index (κ2) is 6.99. The molecule has 5 heteroatoms. The van der Waals surface area contributed by atoms with Gasteiger partial charge in [0.15, 0.2) is 11.5 Å². The van der Waals surface area contributed by atoms with Crippen molar-refractivity contribution < 1.29 is 19.0 Å². The Balaban J connectivity index is 2.04. The van der Waals surface area contributed by atoms with Gasteiger partial charge in [-0.3, -0.25) is 0 Å². The van der Waals surface area contributed by atoms with Crippen LogP contribution in [0.4, 0.5) is 0 Å². The molecule has 0 amide bonds. The number of benzene rings is 2. The van der Waals surface area contributed by atoms with Gasteiger partial charge in [-0.15, -0.1) is 0 Å². The first kappa shape index (κ1) is 15.2. The van der Waals surface area contributed by atoms with Gasteiger partial charge in [0, 0.05) is 5.02 Å². The number of esters is 1. The van der Waals surface area contributed by atoms with E-state index in [1.54, 1.807) is 30.3 Å². The summed E-state index contributed by atoms with van der Waals surface area (Å²) in [6.45, 7) is 0.185. The molecule has 0 aromatic heterocycles. The van der Waals surface area contributed by atoms with E-state index in [-0.39, 0.29) is 6.61 Å². The fourth-order valence-electron chi connectivity index (χ4n) is 1.78. The Kier molecular flexibility index (Phi) is 5.06. The van der Waals surface area contributed by atoms with Crippen molar-refractivity contribution in [1.82, 2.24) is 0 Å². The Morgan fingerprint density at radius 3 is 2.29 bits per heavy atom. The molecule has 110 valence electrons. The van der Waals surface area contributed by atoms with Crippen LogP contribution in [0.15, 0.2) is 42.5 Å². The summed E-state index contributed by atoms with van der Waals surface area (Å²) in [5.74, 6) is 0.621. The highest BCUT2D eigenvalue weighted by Crippen LogP contribution is 2.27. The van der Waals surface area contributed by atoms with Gasteiger partial charge in [-0.2, -0.15) is 0 Å². The third-order valence-corrected chi connectivity index (χ3v) is 3.15. The van der Waals surface area contributed by atoms with Gasteiger partial charge in [0.2, 0.25) is 0 Å². The van der Waals surface area contributed by atoms with Crippen LogP contribution in [0.3, 0.4) is 0 Å². The molecule has 0 heterocycles. The number of ether oxygens (including phenoxy) is 3. The van der Waals surface area contributed by atoms with Crippen molar-refractivity contribution in [1.29, 1.82) is 0 Å². The third kappa shape index (κ3) is 3.89. The van der Waals surface area contributed by atoms with Gasteiger partial charge in [0.25, 0.3) is 0 Å². The first-order valence-electron chi connectivity index (χ1n) is 6.27. The maximum atomic E-state index is 12.0. The average molecular weight is 307 g/mol. The second-order valence-corrected chi connectivity index (χ2v) is 4.71. The molecule has 0 unspecified atom stereocenters. The second-order valence-electron chi connectivity index (χ2n) is 4.27. The van der Waals surface area contributed by atoms with Crippen molar-refractivity contribution in [3.63, 3.8) is 0 Å². The molecule has 2 aromatic carbocycles. The largest absolute Gasteiger partial charge is 0.493 e. The van der Waals surface area contributed by atoms with Crippen LogP contribution in [-0.2, 0) is 11.3 Å². The molecule has 0 atom stereocenters.